The number of carbonyl (C=O) groups is 3. The van der Waals surface area contributed by atoms with Gasteiger partial charge in [0.25, 0.3) is 5.92 Å². The monoisotopic (exact) mass is 539 g/mol. The quantitative estimate of drug-likeness (QED) is 0.496. The fourth-order valence-corrected chi connectivity index (χ4v) is 3.55. The molecule has 0 aliphatic carbocycles. The molecule has 2 fully saturated rings. The van der Waals surface area contributed by atoms with Crippen LogP contribution in [0.15, 0.2) is 24.4 Å². The minimum absolute atomic E-state index is 0.121. The van der Waals surface area contributed by atoms with E-state index in [1.165, 1.54) is 0 Å². The van der Waals surface area contributed by atoms with Crippen LogP contribution in [-0.4, -0.2) is 94.1 Å². The Morgan fingerprint density at radius 2 is 1.42 bits per heavy atom. The summed E-state index contributed by atoms with van der Waals surface area (Å²) in [6.07, 6.45) is -8.45. The molecule has 36 heavy (non-hydrogen) atoms. The lowest BCUT2D eigenvalue weighted by atomic mass is 9.75. The fourth-order valence-electron chi connectivity index (χ4n) is 3.55. The number of hydrogen-bond donors (Lipinski definition) is 3. The van der Waals surface area contributed by atoms with Crippen LogP contribution in [-0.2, 0) is 14.4 Å². The number of aliphatic carboxylic acids is 3. The second-order valence-electron chi connectivity index (χ2n) is 7.80. The molecule has 1 unspecified atom stereocenters. The van der Waals surface area contributed by atoms with E-state index in [4.69, 9.17) is 24.9 Å². The third-order valence-corrected chi connectivity index (χ3v) is 5.22. The maximum absolute atomic E-state index is 14.5. The van der Waals surface area contributed by atoms with E-state index in [0.717, 1.165) is 0 Å². The smallest absolute Gasteiger partial charge is 0.480 e. The molecule has 0 saturated carbocycles. The van der Waals surface area contributed by atoms with E-state index in [1.54, 1.807) is 17.2 Å². The molecule has 204 valence electrons. The molecule has 1 aromatic rings. The number of carboxylic acid groups (broad SMARTS) is 3. The van der Waals surface area contributed by atoms with Gasteiger partial charge in [0.05, 0.1) is 12.0 Å². The number of carboxylic acids is 3. The number of rotatable bonds is 3. The van der Waals surface area contributed by atoms with Gasteiger partial charge in [0.15, 0.2) is 0 Å². The fraction of sp³-hybridized carbons (Fsp3) is 0.579. The number of piperidine rings is 1. The Morgan fingerprint density at radius 3 is 1.83 bits per heavy atom. The van der Waals surface area contributed by atoms with Crippen LogP contribution in [0.1, 0.15) is 12.8 Å². The summed E-state index contributed by atoms with van der Waals surface area (Å²) >= 11 is 0. The topological polar surface area (TPSA) is 131 Å². The molecular formula is C19H21F8N3O6. The van der Waals surface area contributed by atoms with Gasteiger partial charge in [-0.05, 0) is 18.6 Å². The van der Waals surface area contributed by atoms with Crippen LogP contribution in [0.2, 0.25) is 0 Å². The van der Waals surface area contributed by atoms with Crippen molar-refractivity contribution in [2.75, 3.05) is 37.6 Å². The third-order valence-electron chi connectivity index (χ3n) is 5.22. The first-order valence-electron chi connectivity index (χ1n) is 9.89. The third kappa shape index (κ3) is 8.76. The van der Waals surface area contributed by atoms with E-state index in [9.17, 15) is 39.9 Å². The highest BCUT2D eigenvalue weighted by Gasteiger charge is 2.59. The summed E-state index contributed by atoms with van der Waals surface area (Å²) in [5.41, 5.74) is -1.18. The number of anilines is 1. The average molecular weight is 539 g/mol. The Balaban J connectivity index is 0.000000383. The van der Waals surface area contributed by atoms with Crippen molar-refractivity contribution in [3.63, 3.8) is 0 Å². The highest BCUT2D eigenvalue weighted by Crippen LogP contribution is 2.49. The van der Waals surface area contributed by atoms with E-state index in [0.29, 0.717) is 18.8 Å². The molecule has 0 bridgehead atoms. The standard InChI is InChI=1S/C15H19F2N3O2.2C2HF3O2/c16-15(17)5-7-19(9-13(21)22)10-14(15)4-8-20(11-14)12-3-1-2-6-18-12;2*3-2(4,5)1(6)7/h1-3,6H,4-5,7-11H2,(H,21,22);2*(H,6,7). The summed E-state index contributed by atoms with van der Waals surface area (Å²) in [5.74, 6) is -8.56. The molecule has 1 atom stereocenters. The van der Waals surface area contributed by atoms with Gasteiger partial charge in [0, 0.05) is 38.8 Å². The molecule has 0 amide bonds. The zero-order chi connectivity index (χ0) is 27.9. The lowest BCUT2D eigenvalue weighted by Gasteiger charge is -2.45. The summed E-state index contributed by atoms with van der Waals surface area (Å²) in [6.45, 7) is 0.808. The second-order valence-corrected chi connectivity index (χ2v) is 7.80. The van der Waals surface area contributed by atoms with E-state index >= 15 is 0 Å². The molecular weight excluding hydrogens is 518 g/mol. The minimum Gasteiger partial charge on any atom is -0.480 e. The van der Waals surface area contributed by atoms with Crippen LogP contribution in [0.25, 0.3) is 0 Å². The molecule has 2 aliphatic heterocycles. The number of alkyl halides is 8. The molecule has 17 heteroatoms. The Hall–Kier alpha value is -3.24. The van der Waals surface area contributed by atoms with Crippen molar-refractivity contribution in [2.45, 2.75) is 31.1 Å². The van der Waals surface area contributed by atoms with Crippen LogP contribution in [0, 0.1) is 5.41 Å². The van der Waals surface area contributed by atoms with Gasteiger partial charge in [-0.1, -0.05) is 6.07 Å². The van der Waals surface area contributed by atoms with Gasteiger partial charge < -0.3 is 20.2 Å². The molecule has 9 nitrogen and oxygen atoms in total. The molecule has 3 N–H and O–H groups in total. The number of aromatic nitrogens is 1. The van der Waals surface area contributed by atoms with Crippen LogP contribution < -0.4 is 4.90 Å². The molecule has 2 aliphatic rings. The van der Waals surface area contributed by atoms with E-state index < -0.39 is 41.6 Å². The Bertz CT molecular complexity index is 889. The van der Waals surface area contributed by atoms with Crippen molar-refractivity contribution in [2.24, 2.45) is 5.41 Å². The second kappa shape index (κ2) is 11.7. The van der Waals surface area contributed by atoms with Crippen molar-refractivity contribution >= 4 is 23.7 Å². The van der Waals surface area contributed by atoms with Crippen LogP contribution in [0.3, 0.4) is 0 Å². The van der Waals surface area contributed by atoms with E-state index in [-0.39, 0.29) is 32.6 Å². The van der Waals surface area contributed by atoms with Crippen LogP contribution >= 0.6 is 0 Å². The molecule has 3 rings (SSSR count). The summed E-state index contributed by atoms with van der Waals surface area (Å²) in [7, 11) is 0. The molecule has 0 radical (unpaired) electrons. The van der Waals surface area contributed by atoms with E-state index in [2.05, 4.69) is 4.98 Å². The molecule has 1 aromatic heterocycles. The first-order valence-corrected chi connectivity index (χ1v) is 9.89. The Labute approximate surface area is 197 Å². The van der Waals surface area contributed by atoms with Gasteiger partial charge in [-0.15, -0.1) is 0 Å². The average Bonchev–Trinajstić information content (AvgIpc) is 3.16. The largest absolute Gasteiger partial charge is 0.490 e. The summed E-state index contributed by atoms with van der Waals surface area (Å²) in [4.78, 5) is 36.4. The Morgan fingerprint density at radius 1 is 0.889 bits per heavy atom. The molecule has 1 spiro atoms. The molecule has 0 aromatic carbocycles. The minimum atomic E-state index is -5.08. The highest BCUT2D eigenvalue weighted by molar-refractivity contribution is 5.73. The van der Waals surface area contributed by atoms with Gasteiger partial charge in [0.2, 0.25) is 0 Å². The zero-order valence-corrected chi connectivity index (χ0v) is 18.2. The summed E-state index contributed by atoms with van der Waals surface area (Å²) in [5, 5.41) is 23.2. The lowest BCUT2D eigenvalue weighted by molar-refractivity contribution is -0.193. The van der Waals surface area contributed by atoms with Gasteiger partial charge >= 0.3 is 30.3 Å². The summed E-state index contributed by atoms with van der Waals surface area (Å²) < 4.78 is 92.6. The van der Waals surface area contributed by atoms with E-state index in [1.807, 2.05) is 17.0 Å². The van der Waals surface area contributed by atoms with Gasteiger partial charge in [-0.2, -0.15) is 26.3 Å². The normalized spacial score (nSPS) is 21.6. The van der Waals surface area contributed by atoms with Crippen molar-refractivity contribution in [3.8, 4) is 0 Å². The SMILES string of the molecule is O=C(O)C(F)(F)F.O=C(O)C(F)(F)F.O=C(O)CN1CCC(F)(F)C2(CCN(c3ccccn3)C2)C1. The van der Waals surface area contributed by atoms with Crippen LogP contribution in [0.4, 0.5) is 40.9 Å². The Kier molecular flexibility index (Phi) is 9.98. The number of likely N-dealkylation sites (tertiary alicyclic amines) is 1. The van der Waals surface area contributed by atoms with Gasteiger partial charge in [0.1, 0.15) is 5.82 Å². The lowest BCUT2D eigenvalue weighted by Crippen LogP contribution is -2.57. The number of halogens is 8. The first kappa shape index (κ1) is 30.8. The zero-order valence-electron chi connectivity index (χ0n) is 18.2. The number of hydrogen-bond acceptors (Lipinski definition) is 6. The van der Waals surface area contributed by atoms with Crippen molar-refractivity contribution in [1.82, 2.24) is 9.88 Å². The molecule has 2 saturated heterocycles. The van der Waals surface area contributed by atoms with Crippen molar-refractivity contribution < 1.29 is 64.8 Å². The maximum Gasteiger partial charge on any atom is 0.490 e. The predicted molar refractivity (Wildman–Crippen MR) is 105 cm³/mol. The summed E-state index contributed by atoms with van der Waals surface area (Å²) in [6, 6.07) is 5.44. The van der Waals surface area contributed by atoms with Gasteiger partial charge in [-0.3, -0.25) is 9.69 Å². The maximum atomic E-state index is 14.5. The number of pyridine rings is 1. The van der Waals surface area contributed by atoms with Crippen molar-refractivity contribution in [3.05, 3.63) is 24.4 Å². The van der Waals surface area contributed by atoms with Gasteiger partial charge in [-0.25, -0.2) is 23.4 Å². The number of nitrogens with zero attached hydrogens (tertiary/aromatic N) is 3. The van der Waals surface area contributed by atoms with Crippen molar-refractivity contribution in [1.29, 1.82) is 0 Å². The molecule has 3 heterocycles. The van der Waals surface area contributed by atoms with Crippen LogP contribution in [0.5, 0.6) is 0 Å². The highest BCUT2D eigenvalue weighted by atomic mass is 19.4. The predicted octanol–water partition coefficient (Wildman–Crippen LogP) is 2.97. The first-order chi connectivity index (χ1) is 16.3.